The van der Waals surface area contributed by atoms with Crippen LogP contribution in [-0.2, 0) is 14.2 Å². The number of morpholine rings is 1. The van der Waals surface area contributed by atoms with Crippen LogP contribution in [-0.4, -0.2) is 62.1 Å². The molecule has 3 rings (SSSR count). The Hall–Kier alpha value is -2.62. The van der Waals surface area contributed by atoms with Gasteiger partial charge in [-0.3, -0.25) is 0 Å². The van der Waals surface area contributed by atoms with E-state index in [2.05, 4.69) is 10.2 Å². The number of nitrogens with zero attached hydrogens (tertiary/aromatic N) is 2. The van der Waals surface area contributed by atoms with Gasteiger partial charge in [-0.15, -0.1) is 0 Å². The molecule has 0 spiro atoms. The Morgan fingerprint density at radius 3 is 2.53 bits per heavy atom. The predicted molar refractivity (Wildman–Crippen MR) is 134 cm³/mol. The first-order chi connectivity index (χ1) is 16.2. The summed E-state index contributed by atoms with van der Waals surface area (Å²) in [6.07, 6.45) is 1.28. The van der Waals surface area contributed by atoms with Gasteiger partial charge in [0, 0.05) is 30.2 Å². The number of benzene rings is 1. The number of halogens is 1. The largest absolute Gasteiger partial charge is 0.462 e. The highest BCUT2D eigenvalue weighted by molar-refractivity contribution is 7.17. The van der Waals surface area contributed by atoms with Crippen molar-refractivity contribution < 1.29 is 23.8 Å². The topological polar surface area (TPSA) is 90.0 Å². The summed E-state index contributed by atoms with van der Waals surface area (Å²) in [6, 6.07) is 7.24. The minimum atomic E-state index is -0.605. The molecule has 1 N–H and O–H groups in total. The van der Waals surface area contributed by atoms with Gasteiger partial charge in [0.25, 0.3) is 0 Å². The number of hydrogen-bond acceptors (Lipinski definition) is 8. The lowest BCUT2D eigenvalue weighted by atomic mass is 10.0. The quantitative estimate of drug-likeness (QED) is 0.540. The number of hydrogen-bond donors (Lipinski definition) is 1. The molecule has 0 saturated carbocycles. The molecule has 1 aliphatic rings. The van der Waals surface area contributed by atoms with Crippen LogP contribution in [0, 0.1) is 0 Å². The maximum absolute atomic E-state index is 12.9. The third-order valence-electron chi connectivity index (χ3n) is 4.72. The van der Waals surface area contributed by atoms with Gasteiger partial charge in [-0.2, -0.15) is 0 Å². The SMILES string of the molecule is CCOC(=O)c1sc(N2CCOCC2)nc1C(=CCNC(=O)OC(C)(C)C)c1ccc(Cl)cc1. The zero-order chi connectivity index (χ0) is 24.7. The Morgan fingerprint density at radius 2 is 1.91 bits per heavy atom. The summed E-state index contributed by atoms with van der Waals surface area (Å²) < 4.78 is 16.1. The molecule has 1 aliphatic heterocycles. The molecule has 2 aromatic rings. The van der Waals surface area contributed by atoms with Crippen LogP contribution in [0.1, 0.15) is 48.6 Å². The van der Waals surface area contributed by atoms with Gasteiger partial charge in [0.2, 0.25) is 0 Å². The Kier molecular flexibility index (Phi) is 8.93. The summed E-state index contributed by atoms with van der Waals surface area (Å²) in [5.41, 5.74) is 1.39. The van der Waals surface area contributed by atoms with Crippen LogP contribution in [0.3, 0.4) is 0 Å². The Balaban J connectivity index is 1.99. The standard InChI is InChI=1S/C24H30ClN3O5S/c1-5-32-21(29)20-19(27-22(34-20)28-12-14-31-15-13-28)18(16-6-8-17(25)9-7-16)10-11-26-23(30)33-24(2,3)4/h6-10H,5,11-15H2,1-4H3,(H,26,30). The van der Waals surface area contributed by atoms with Crippen molar-refractivity contribution in [2.24, 2.45) is 0 Å². The van der Waals surface area contributed by atoms with E-state index < -0.39 is 17.7 Å². The summed E-state index contributed by atoms with van der Waals surface area (Å²) in [5, 5.41) is 4.05. The molecular weight excluding hydrogens is 478 g/mol. The maximum atomic E-state index is 12.9. The summed E-state index contributed by atoms with van der Waals surface area (Å²) >= 11 is 7.39. The van der Waals surface area contributed by atoms with Gasteiger partial charge >= 0.3 is 12.1 Å². The summed E-state index contributed by atoms with van der Waals surface area (Å²) in [4.78, 5) is 32.3. The molecule has 8 nitrogen and oxygen atoms in total. The number of aromatic nitrogens is 1. The summed E-state index contributed by atoms with van der Waals surface area (Å²) in [7, 11) is 0. The smallest absolute Gasteiger partial charge is 0.407 e. The average Bonchev–Trinajstić information content (AvgIpc) is 3.22. The van der Waals surface area contributed by atoms with E-state index in [-0.39, 0.29) is 13.2 Å². The van der Waals surface area contributed by atoms with Crippen LogP contribution < -0.4 is 10.2 Å². The number of thiazole rings is 1. The summed E-state index contributed by atoms with van der Waals surface area (Å²) in [6.45, 7) is 10.2. The van der Waals surface area contributed by atoms with Crippen molar-refractivity contribution in [3.63, 3.8) is 0 Å². The Labute approximate surface area is 208 Å². The number of rotatable bonds is 7. The van der Waals surface area contributed by atoms with Crippen LogP contribution in [0.5, 0.6) is 0 Å². The van der Waals surface area contributed by atoms with Gasteiger partial charge in [0.05, 0.1) is 25.5 Å². The number of carbonyl (C=O) groups is 2. The van der Waals surface area contributed by atoms with Crippen LogP contribution in [0.4, 0.5) is 9.93 Å². The first-order valence-electron chi connectivity index (χ1n) is 11.1. The molecule has 1 aromatic carbocycles. The van der Waals surface area contributed by atoms with Crippen molar-refractivity contribution in [1.29, 1.82) is 0 Å². The van der Waals surface area contributed by atoms with Crippen LogP contribution >= 0.6 is 22.9 Å². The van der Waals surface area contributed by atoms with Gasteiger partial charge < -0.3 is 24.4 Å². The van der Waals surface area contributed by atoms with E-state index in [1.807, 2.05) is 18.2 Å². The molecule has 184 valence electrons. The molecule has 0 bridgehead atoms. The highest BCUT2D eigenvalue weighted by atomic mass is 35.5. The number of carbonyl (C=O) groups excluding carboxylic acids is 2. The van der Waals surface area contributed by atoms with Crippen molar-refractivity contribution in [2.45, 2.75) is 33.3 Å². The normalized spacial score (nSPS) is 14.6. The van der Waals surface area contributed by atoms with Crippen molar-refractivity contribution in [1.82, 2.24) is 10.3 Å². The highest BCUT2D eigenvalue weighted by Gasteiger charge is 2.26. The molecule has 10 heteroatoms. The lowest BCUT2D eigenvalue weighted by Gasteiger charge is -2.26. The van der Waals surface area contributed by atoms with E-state index in [1.54, 1.807) is 39.8 Å². The summed E-state index contributed by atoms with van der Waals surface area (Å²) in [5.74, 6) is -0.436. The minimum absolute atomic E-state index is 0.180. The second-order valence-corrected chi connectivity index (χ2v) is 9.92. The second kappa shape index (κ2) is 11.7. The van der Waals surface area contributed by atoms with Crippen LogP contribution in [0.2, 0.25) is 5.02 Å². The third-order valence-corrected chi connectivity index (χ3v) is 6.07. The Morgan fingerprint density at radius 1 is 1.24 bits per heavy atom. The minimum Gasteiger partial charge on any atom is -0.462 e. The molecule has 0 radical (unpaired) electrons. The van der Waals surface area contributed by atoms with E-state index in [0.29, 0.717) is 47.5 Å². The van der Waals surface area contributed by atoms with Gasteiger partial charge in [-0.25, -0.2) is 14.6 Å². The van der Waals surface area contributed by atoms with E-state index >= 15 is 0 Å². The van der Waals surface area contributed by atoms with Crippen molar-refractivity contribution in [2.75, 3.05) is 44.4 Å². The second-order valence-electron chi connectivity index (χ2n) is 8.50. The number of ether oxygens (including phenoxy) is 3. The highest BCUT2D eigenvalue weighted by Crippen LogP contribution is 2.35. The molecule has 1 fully saturated rings. The first-order valence-corrected chi connectivity index (χ1v) is 12.3. The molecule has 2 heterocycles. The van der Waals surface area contributed by atoms with E-state index in [1.165, 1.54) is 11.3 Å². The van der Waals surface area contributed by atoms with Gasteiger partial charge in [0.15, 0.2) is 5.13 Å². The van der Waals surface area contributed by atoms with Gasteiger partial charge in [-0.05, 0) is 45.4 Å². The average molecular weight is 508 g/mol. The monoisotopic (exact) mass is 507 g/mol. The fraction of sp³-hybridized carbons (Fsp3) is 0.458. The number of esters is 1. The zero-order valence-electron chi connectivity index (χ0n) is 19.9. The van der Waals surface area contributed by atoms with Crippen LogP contribution in [0.25, 0.3) is 5.57 Å². The van der Waals surface area contributed by atoms with Gasteiger partial charge in [-0.1, -0.05) is 41.1 Å². The van der Waals surface area contributed by atoms with Gasteiger partial charge in [0.1, 0.15) is 10.5 Å². The molecule has 1 aromatic heterocycles. The maximum Gasteiger partial charge on any atom is 0.407 e. The fourth-order valence-corrected chi connectivity index (χ4v) is 4.40. The number of nitrogens with one attached hydrogen (secondary N) is 1. The third kappa shape index (κ3) is 7.19. The molecule has 0 aliphatic carbocycles. The predicted octanol–water partition coefficient (Wildman–Crippen LogP) is 4.77. The number of anilines is 1. The lowest BCUT2D eigenvalue weighted by Crippen LogP contribution is -2.36. The van der Waals surface area contributed by atoms with Crippen molar-refractivity contribution in [3.8, 4) is 0 Å². The zero-order valence-corrected chi connectivity index (χ0v) is 21.4. The Bertz CT molecular complexity index is 1020. The molecule has 0 atom stereocenters. The van der Waals surface area contributed by atoms with E-state index in [9.17, 15) is 9.59 Å². The molecule has 1 saturated heterocycles. The molecule has 0 unspecified atom stereocenters. The van der Waals surface area contributed by atoms with Crippen LogP contribution in [0.15, 0.2) is 30.3 Å². The molecule has 1 amide bonds. The molecular formula is C24H30ClN3O5S. The van der Waals surface area contributed by atoms with Crippen molar-refractivity contribution in [3.05, 3.63) is 51.5 Å². The molecule has 34 heavy (non-hydrogen) atoms. The fourth-order valence-electron chi connectivity index (χ4n) is 3.25. The van der Waals surface area contributed by atoms with E-state index in [0.717, 1.165) is 10.7 Å². The number of alkyl carbamates (subject to hydrolysis) is 1. The van der Waals surface area contributed by atoms with E-state index in [4.69, 9.17) is 30.8 Å². The number of amides is 1. The first kappa shape index (κ1) is 26.0. The lowest BCUT2D eigenvalue weighted by molar-refractivity contribution is 0.0521. The van der Waals surface area contributed by atoms with Crippen molar-refractivity contribution >= 4 is 45.7 Å².